The Balaban J connectivity index is 1.21. The SMILES string of the molecule is CCCCCCCCCCSc1ccc(N2c3ccc(/C=c4\s/c(=C5/SC(=S)N(CC)C5=O)n(CC(=O)O)c4=O)cc3C3CCCC32)cc1. The molecule has 2 unspecified atom stereocenters. The summed E-state index contributed by atoms with van der Waals surface area (Å²) in [6.07, 6.45) is 16.0. The summed E-state index contributed by atoms with van der Waals surface area (Å²) >= 11 is 9.62. The number of aliphatic carboxylic acids is 1. The van der Waals surface area contributed by atoms with Crippen molar-refractivity contribution in [3.05, 3.63) is 73.1 Å². The second-order valence-electron chi connectivity index (χ2n) is 13.1. The van der Waals surface area contributed by atoms with Gasteiger partial charge in [0.1, 0.15) is 20.4 Å². The van der Waals surface area contributed by atoms with Crippen LogP contribution in [0.3, 0.4) is 0 Å². The number of hydrogen-bond donors (Lipinski definition) is 1. The zero-order valence-corrected chi connectivity index (χ0v) is 31.6. The first-order valence-electron chi connectivity index (χ1n) is 17.7. The fourth-order valence-corrected chi connectivity index (χ4v) is 10.9. The van der Waals surface area contributed by atoms with Crippen molar-refractivity contribution in [1.29, 1.82) is 0 Å². The predicted octanol–water partition coefficient (Wildman–Crippen LogP) is 7.83. The van der Waals surface area contributed by atoms with Gasteiger partial charge in [0.25, 0.3) is 11.5 Å². The molecule has 3 aromatic rings. The standard InChI is InChI=1S/C38H45N3O4S4/c1-3-5-6-7-8-9-10-11-21-47-27-18-16-26(17-19-27)41-30-14-12-13-28(30)29-22-25(15-20-31(29)41)23-32-35(44)40(24-33(42)43)37(48-32)34-36(45)39(4-2)38(46)49-34/h15-20,22-23,28,30H,3-14,21,24H2,1-2H3,(H,42,43)/b32-23-,37-34+. The van der Waals surface area contributed by atoms with Gasteiger partial charge in [-0.2, -0.15) is 0 Å². The molecule has 1 aromatic heterocycles. The number of carboxylic acid groups (broad SMARTS) is 1. The van der Waals surface area contributed by atoms with Gasteiger partial charge in [-0.25, -0.2) is 0 Å². The van der Waals surface area contributed by atoms with Crippen LogP contribution >= 0.6 is 47.1 Å². The fraction of sp³-hybridized carbons (Fsp3) is 0.474. The van der Waals surface area contributed by atoms with E-state index in [9.17, 15) is 19.5 Å². The molecule has 2 atom stereocenters. The minimum Gasteiger partial charge on any atom is -0.480 e. The number of carbonyl (C=O) groups is 2. The van der Waals surface area contributed by atoms with E-state index in [1.807, 2.05) is 30.8 Å². The minimum atomic E-state index is -1.14. The first-order valence-corrected chi connectivity index (χ1v) is 20.7. The number of nitrogens with zero attached hydrogens (tertiary/aromatic N) is 3. The van der Waals surface area contributed by atoms with Crippen LogP contribution in [0.4, 0.5) is 11.4 Å². The van der Waals surface area contributed by atoms with Crippen molar-refractivity contribution in [2.24, 2.45) is 0 Å². The van der Waals surface area contributed by atoms with E-state index in [1.54, 1.807) is 0 Å². The third-order valence-electron chi connectivity index (χ3n) is 9.76. The van der Waals surface area contributed by atoms with Crippen LogP contribution < -0.4 is 19.7 Å². The lowest BCUT2D eigenvalue weighted by molar-refractivity contribution is -0.137. The number of carbonyl (C=O) groups excluding carboxylic acids is 1. The largest absolute Gasteiger partial charge is 0.480 e. The van der Waals surface area contributed by atoms with Crippen molar-refractivity contribution in [2.75, 3.05) is 17.2 Å². The average Bonchev–Trinajstić information content (AvgIpc) is 3.83. The van der Waals surface area contributed by atoms with E-state index >= 15 is 0 Å². The van der Waals surface area contributed by atoms with Crippen LogP contribution in [-0.2, 0) is 16.1 Å². The van der Waals surface area contributed by atoms with Gasteiger partial charge in [0.2, 0.25) is 0 Å². The molecule has 0 spiro atoms. The molecule has 1 saturated carbocycles. The average molecular weight is 736 g/mol. The molecule has 3 heterocycles. The summed E-state index contributed by atoms with van der Waals surface area (Å²) in [5, 5.41) is 9.59. The highest BCUT2D eigenvalue weighted by atomic mass is 32.2. The fourth-order valence-electron chi connectivity index (χ4n) is 7.35. The lowest BCUT2D eigenvalue weighted by Gasteiger charge is -2.27. The molecule has 0 radical (unpaired) electrons. The molecule has 1 N–H and O–H groups in total. The van der Waals surface area contributed by atoms with E-state index in [2.05, 4.69) is 48.2 Å². The van der Waals surface area contributed by atoms with Gasteiger partial charge in [-0.1, -0.05) is 88.3 Å². The summed E-state index contributed by atoms with van der Waals surface area (Å²) in [6.45, 7) is 4.00. The van der Waals surface area contributed by atoms with E-state index in [4.69, 9.17) is 12.2 Å². The number of anilines is 2. The Morgan fingerprint density at radius 1 is 1.00 bits per heavy atom. The Labute approximate surface area is 306 Å². The topological polar surface area (TPSA) is 82.8 Å². The maximum absolute atomic E-state index is 13.6. The molecule has 3 aliphatic rings. The van der Waals surface area contributed by atoms with Crippen molar-refractivity contribution in [3.63, 3.8) is 0 Å². The number of fused-ring (bicyclic) bond motifs is 3. The van der Waals surface area contributed by atoms with Gasteiger partial charge in [0.05, 0.1) is 4.53 Å². The molecular weight excluding hydrogens is 691 g/mol. The monoisotopic (exact) mass is 735 g/mol. The third-order valence-corrected chi connectivity index (χ3v) is 13.6. The number of benzene rings is 2. The maximum Gasteiger partial charge on any atom is 0.323 e. The molecule has 6 rings (SSSR count). The second-order valence-corrected chi connectivity index (χ2v) is 16.9. The molecule has 2 aromatic carbocycles. The number of thioether (sulfide) groups is 2. The number of thiazole rings is 1. The number of hydrogen-bond acceptors (Lipinski definition) is 8. The van der Waals surface area contributed by atoms with Crippen LogP contribution in [0.15, 0.2) is 52.2 Å². The van der Waals surface area contributed by atoms with E-state index in [-0.39, 0.29) is 5.91 Å². The molecule has 260 valence electrons. The Morgan fingerprint density at radius 3 is 2.43 bits per heavy atom. The molecule has 1 saturated heterocycles. The summed E-state index contributed by atoms with van der Waals surface area (Å²) in [4.78, 5) is 44.0. The molecule has 11 heteroatoms. The highest BCUT2D eigenvalue weighted by Crippen LogP contribution is 2.52. The number of amides is 1. The van der Waals surface area contributed by atoms with Crippen LogP contribution in [0, 0.1) is 0 Å². The number of rotatable bonds is 15. The third kappa shape index (κ3) is 7.90. The van der Waals surface area contributed by atoms with Gasteiger partial charge in [0.15, 0.2) is 0 Å². The lowest BCUT2D eigenvalue weighted by atomic mass is 9.96. The maximum atomic E-state index is 13.6. The quantitative estimate of drug-likeness (QED) is 0.0962. The molecular formula is C38H45N3O4S4. The summed E-state index contributed by atoms with van der Waals surface area (Å²) in [5.41, 5.74) is 4.22. The van der Waals surface area contributed by atoms with Gasteiger partial charge in [-0.3, -0.25) is 23.9 Å². The van der Waals surface area contributed by atoms with E-state index in [1.165, 1.54) is 89.1 Å². The molecule has 1 amide bonds. The van der Waals surface area contributed by atoms with Crippen molar-refractivity contribution >= 4 is 85.6 Å². The minimum absolute atomic E-state index is 0.288. The van der Waals surface area contributed by atoms with Gasteiger partial charge in [-0.15, -0.1) is 23.1 Å². The Kier molecular flexibility index (Phi) is 12.1. The highest BCUT2D eigenvalue weighted by Gasteiger charge is 2.42. The van der Waals surface area contributed by atoms with Gasteiger partial charge >= 0.3 is 5.97 Å². The molecule has 49 heavy (non-hydrogen) atoms. The van der Waals surface area contributed by atoms with Gasteiger partial charge in [0, 0.05) is 34.8 Å². The number of carboxylic acids is 1. The Hall–Kier alpha value is -2.86. The first-order chi connectivity index (χ1) is 23.8. The van der Waals surface area contributed by atoms with Crippen LogP contribution in [0.5, 0.6) is 0 Å². The van der Waals surface area contributed by atoms with Crippen LogP contribution in [0.2, 0.25) is 0 Å². The number of unbranched alkanes of at least 4 members (excludes halogenated alkanes) is 7. The molecule has 0 bridgehead atoms. The Bertz CT molecular complexity index is 1880. The van der Waals surface area contributed by atoms with Crippen molar-refractivity contribution in [3.8, 4) is 0 Å². The summed E-state index contributed by atoms with van der Waals surface area (Å²) in [5.74, 6) is 0.158. The smallest absolute Gasteiger partial charge is 0.323 e. The zero-order chi connectivity index (χ0) is 34.5. The van der Waals surface area contributed by atoms with Crippen molar-refractivity contribution in [2.45, 2.75) is 108 Å². The molecule has 2 aliphatic heterocycles. The van der Waals surface area contributed by atoms with E-state index < -0.39 is 18.1 Å². The predicted molar refractivity (Wildman–Crippen MR) is 209 cm³/mol. The summed E-state index contributed by atoms with van der Waals surface area (Å²) in [7, 11) is 0. The lowest BCUT2D eigenvalue weighted by Crippen LogP contribution is -2.35. The summed E-state index contributed by atoms with van der Waals surface area (Å²) in [6, 6.07) is 15.9. The van der Waals surface area contributed by atoms with Crippen LogP contribution in [0.25, 0.3) is 11.0 Å². The molecule has 2 fully saturated rings. The number of aromatic nitrogens is 1. The molecule has 1 aliphatic carbocycles. The van der Waals surface area contributed by atoms with E-state index in [0.717, 1.165) is 47.3 Å². The van der Waals surface area contributed by atoms with Crippen molar-refractivity contribution in [1.82, 2.24) is 9.47 Å². The van der Waals surface area contributed by atoms with Gasteiger partial charge in [-0.05, 0) is 85.5 Å². The summed E-state index contributed by atoms with van der Waals surface area (Å²) < 4.78 is 2.35. The molecule has 7 nitrogen and oxygen atoms in total. The zero-order valence-electron chi connectivity index (χ0n) is 28.3. The first kappa shape index (κ1) is 35.9. The second kappa shape index (κ2) is 16.4. The number of thiocarbonyl (C=S) groups is 1. The van der Waals surface area contributed by atoms with Gasteiger partial charge < -0.3 is 10.0 Å². The van der Waals surface area contributed by atoms with E-state index in [0.29, 0.717) is 36.9 Å². The van der Waals surface area contributed by atoms with Crippen LogP contribution in [0.1, 0.15) is 102 Å². The normalized spacial score (nSPS) is 20.1. The van der Waals surface area contributed by atoms with Crippen LogP contribution in [-0.4, -0.2) is 49.1 Å². The van der Waals surface area contributed by atoms with Crippen molar-refractivity contribution < 1.29 is 14.7 Å². The Morgan fingerprint density at radius 2 is 1.73 bits per heavy atom. The highest BCUT2D eigenvalue weighted by molar-refractivity contribution is 8.30.